The fraction of sp³-hybridized carbons (Fsp3) is 0.765. The predicted octanol–water partition coefficient (Wildman–Crippen LogP) is 2.14. The zero-order valence-corrected chi connectivity index (χ0v) is 14.7. The lowest BCUT2D eigenvalue weighted by Crippen LogP contribution is -2.52. The van der Waals surface area contributed by atoms with Gasteiger partial charge in [-0.25, -0.2) is 4.98 Å². The number of rotatable bonds is 5. The number of amides is 1. The molecule has 2 aliphatic rings. The molecule has 23 heavy (non-hydrogen) atoms. The summed E-state index contributed by atoms with van der Waals surface area (Å²) < 4.78 is 0. The van der Waals surface area contributed by atoms with E-state index in [9.17, 15) is 9.90 Å². The van der Waals surface area contributed by atoms with Gasteiger partial charge in [-0.3, -0.25) is 4.79 Å². The Morgan fingerprint density at radius 2 is 2.04 bits per heavy atom. The van der Waals surface area contributed by atoms with Gasteiger partial charge in [-0.2, -0.15) is 0 Å². The Bertz CT molecular complexity index is 534. The number of aromatic nitrogens is 1. The highest BCUT2D eigenvalue weighted by Crippen LogP contribution is 2.36. The van der Waals surface area contributed by atoms with Crippen LogP contribution >= 0.6 is 11.3 Å². The number of thiazole rings is 1. The highest BCUT2D eigenvalue weighted by molar-refractivity contribution is 7.11. The normalized spacial score (nSPS) is 26.8. The Labute approximate surface area is 141 Å². The maximum Gasteiger partial charge on any atom is 0.280 e. The highest BCUT2D eigenvalue weighted by Gasteiger charge is 2.39. The van der Waals surface area contributed by atoms with Crippen LogP contribution in [0.4, 0.5) is 0 Å². The summed E-state index contributed by atoms with van der Waals surface area (Å²) in [6.07, 6.45) is 3.61. The molecule has 5 nitrogen and oxygen atoms in total. The predicted molar refractivity (Wildman–Crippen MR) is 91.8 cm³/mol. The Hall–Kier alpha value is -0.980. The summed E-state index contributed by atoms with van der Waals surface area (Å²) in [6, 6.07) is 0.166. The molecule has 0 bridgehead atoms. The average Bonchev–Trinajstić information content (AvgIpc) is 3.01. The summed E-state index contributed by atoms with van der Waals surface area (Å²) in [7, 11) is 0. The number of nitrogens with zero attached hydrogens (tertiary/aromatic N) is 1. The zero-order valence-electron chi connectivity index (χ0n) is 13.9. The Morgan fingerprint density at radius 1 is 1.35 bits per heavy atom. The van der Waals surface area contributed by atoms with Crippen LogP contribution in [0.1, 0.15) is 60.9 Å². The second-order valence-electron chi connectivity index (χ2n) is 7.20. The molecule has 1 aliphatic heterocycles. The van der Waals surface area contributed by atoms with Crippen LogP contribution in [0, 0.1) is 11.8 Å². The van der Waals surface area contributed by atoms with Crippen molar-refractivity contribution in [3.63, 3.8) is 0 Å². The van der Waals surface area contributed by atoms with Crippen molar-refractivity contribution in [2.75, 3.05) is 13.1 Å². The molecule has 2 fully saturated rings. The largest absolute Gasteiger partial charge is 0.393 e. The van der Waals surface area contributed by atoms with Gasteiger partial charge in [-0.05, 0) is 56.5 Å². The molecule has 1 amide bonds. The van der Waals surface area contributed by atoms with Gasteiger partial charge in [-0.1, -0.05) is 13.8 Å². The molecule has 1 aromatic heterocycles. The van der Waals surface area contributed by atoms with Crippen LogP contribution in [0.25, 0.3) is 0 Å². The van der Waals surface area contributed by atoms with E-state index in [0.29, 0.717) is 22.8 Å². The lowest BCUT2D eigenvalue weighted by atomic mass is 9.71. The van der Waals surface area contributed by atoms with Gasteiger partial charge in [0, 0.05) is 11.4 Å². The Morgan fingerprint density at radius 3 is 2.61 bits per heavy atom. The topological polar surface area (TPSA) is 74.2 Å². The summed E-state index contributed by atoms with van der Waals surface area (Å²) in [4.78, 5) is 17.1. The SMILES string of the molecule is CC(C)c1csc(C(=O)N[C@H](C2CCNCC2)C2CC(O)C2)n1. The molecule has 1 saturated heterocycles. The molecule has 0 aromatic carbocycles. The van der Waals surface area contributed by atoms with Gasteiger partial charge in [0.2, 0.25) is 0 Å². The lowest BCUT2D eigenvalue weighted by Gasteiger charge is -2.43. The highest BCUT2D eigenvalue weighted by atomic mass is 32.1. The molecular formula is C17H27N3O2S. The van der Waals surface area contributed by atoms with Crippen LogP contribution in [0.2, 0.25) is 0 Å². The van der Waals surface area contributed by atoms with Crippen LogP contribution in [0.15, 0.2) is 5.38 Å². The second kappa shape index (κ2) is 7.28. The van der Waals surface area contributed by atoms with E-state index >= 15 is 0 Å². The second-order valence-corrected chi connectivity index (χ2v) is 8.06. The van der Waals surface area contributed by atoms with Crippen molar-refractivity contribution in [3.8, 4) is 0 Å². The van der Waals surface area contributed by atoms with Crippen molar-refractivity contribution < 1.29 is 9.90 Å². The van der Waals surface area contributed by atoms with Gasteiger partial charge in [0.15, 0.2) is 5.01 Å². The van der Waals surface area contributed by atoms with E-state index in [1.54, 1.807) is 0 Å². The van der Waals surface area contributed by atoms with Crippen LogP contribution in [-0.4, -0.2) is 41.2 Å². The van der Waals surface area contributed by atoms with E-state index in [1.807, 2.05) is 5.38 Å². The minimum absolute atomic E-state index is 0.0492. The lowest BCUT2D eigenvalue weighted by molar-refractivity contribution is 0.00918. The summed E-state index contributed by atoms with van der Waals surface area (Å²) in [5.41, 5.74) is 0.984. The molecule has 0 radical (unpaired) electrons. The molecule has 1 aromatic rings. The van der Waals surface area contributed by atoms with Crippen LogP contribution in [0.3, 0.4) is 0 Å². The number of carbonyl (C=O) groups excluding carboxylic acids is 1. The van der Waals surface area contributed by atoms with Gasteiger partial charge < -0.3 is 15.7 Å². The van der Waals surface area contributed by atoms with Crippen molar-refractivity contribution in [3.05, 3.63) is 16.1 Å². The standard InChI is InChI=1S/C17H27N3O2S/c1-10(2)14-9-23-17(19-14)16(22)20-15(12-7-13(21)8-12)11-3-5-18-6-4-11/h9-13,15,18,21H,3-8H2,1-2H3,(H,20,22)/t12?,13?,15-/m1/s1. The molecule has 3 rings (SSSR count). The molecule has 1 saturated carbocycles. The third kappa shape index (κ3) is 3.92. The molecule has 6 heteroatoms. The monoisotopic (exact) mass is 337 g/mol. The van der Waals surface area contributed by atoms with Crippen molar-refractivity contribution in [1.29, 1.82) is 0 Å². The summed E-state index contributed by atoms with van der Waals surface area (Å²) in [5.74, 6) is 1.20. The minimum atomic E-state index is -0.187. The first kappa shape index (κ1) is 16.9. The number of aliphatic hydroxyl groups excluding tert-OH is 1. The van der Waals surface area contributed by atoms with E-state index in [2.05, 4.69) is 29.5 Å². The third-order valence-electron chi connectivity index (χ3n) is 5.15. The molecule has 128 valence electrons. The average molecular weight is 337 g/mol. The van der Waals surface area contributed by atoms with Crippen LogP contribution in [-0.2, 0) is 0 Å². The fourth-order valence-corrected chi connectivity index (χ4v) is 4.50. The van der Waals surface area contributed by atoms with Crippen molar-refractivity contribution in [2.24, 2.45) is 11.8 Å². The van der Waals surface area contributed by atoms with E-state index < -0.39 is 0 Å². The smallest absolute Gasteiger partial charge is 0.280 e. The molecule has 1 aliphatic carbocycles. The van der Waals surface area contributed by atoms with Crippen molar-refractivity contribution in [2.45, 2.75) is 57.6 Å². The van der Waals surface area contributed by atoms with E-state index in [4.69, 9.17) is 0 Å². The zero-order chi connectivity index (χ0) is 16.4. The van der Waals surface area contributed by atoms with Gasteiger partial charge in [0.05, 0.1) is 11.8 Å². The molecular weight excluding hydrogens is 310 g/mol. The molecule has 0 unspecified atom stereocenters. The summed E-state index contributed by atoms with van der Waals surface area (Å²) in [5, 5.41) is 18.8. The summed E-state index contributed by atoms with van der Waals surface area (Å²) >= 11 is 1.43. The Balaban J connectivity index is 1.67. The van der Waals surface area contributed by atoms with E-state index in [-0.39, 0.29) is 18.1 Å². The molecule has 3 N–H and O–H groups in total. The fourth-order valence-electron chi connectivity index (χ4n) is 3.62. The maximum atomic E-state index is 12.6. The van der Waals surface area contributed by atoms with E-state index in [0.717, 1.165) is 44.5 Å². The van der Waals surface area contributed by atoms with E-state index in [1.165, 1.54) is 11.3 Å². The van der Waals surface area contributed by atoms with Gasteiger partial charge in [-0.15, -0.1) is 11.3 Å². The third-order valence-corrected chi connectivity index (χ3v) is 6.01. The number of hydrogen-bond donors (Lipinski definition) is 3. The van der Waals surface area contributed by atoms with Gasteiger partial charge in [0.25, 0.3) is 5.91 Å². The van der Waals surface area contributed by atoms with Crippen LogP contribution < -0.4 is 10.6 Å². The Kier molecular flexibility index (Phi) is 5.34. The number of piperidine rings is 1. The number of carbonyl (C=O) groups is 1. The first-order valence-corrected chi connectivity index (χ1v) is 9.57. The van der Waals surface area contributed by atoms with Crippen molar-refractivity contribution >= 4 is 17.2 Å². The first-order chi connectivity index (χ1) is 11.0. The van der Waals surface area contributed by atoms with Crippen molar-refractivity contribution in [1.82, 2.24) is 15.6 Å². The van der Waals surface area contributed by atoms with Gasteiger partial charge in [0.1, 0.15) is 0 Å². The molecule has 2 heterocycles. The number of hydrogen-bond acceptors (Lipinski definition) is 5. The first-order valence-electron chi connectivity index (χ1n) is 8.69. The number of aliphatic hydroxyl groups is 1. The molecule has 1 atom stereocenters. The summed E-state index contributed by atoms with van der Waals surface area (Å²) in [6.45, 7) is 6.21. The number of nitrogens with one attached hydrogen (secondary N) is 2. The minimum Gasteiger partial charge on any atom is -0.393 e. The van der Waals surface area contributed by atoms with Gasteiger partial charge >= 0.3 is 0 Å². The quantitative estimate of drug-likeness (QED) is 0.769. The molecule has 0 spiro atoms. The maximum absolute atomic E-state index is 12.6. The van der Waals surface area contributed by atoms with Crippen LogP contribution in [0.5, 0.6) is 0 Å².